The molecule has 0 spiro atoms. The molecule has 130 valence electrons. The maximum Gasteiger partial charge on any atom is 0.316 e. The van der Waals surface area contributed by atoms with Gasteiger partial charge in [-0.05, 0) is 66.7 Å². The van der Waals surface area contributed by atoms with Gasteiger partial charge in [0.15, 0.2) is 6.54 Å². The van der Waals surface area contributed by atoms with Crippen molar-refractivity contribution in [3.63, 3.8) is 0 Å². The molecule has 0 fully saturated rings. The molecule has 2 aliphatic rings. The Labute approximate surface area is 160 Å². The van der Waals surface area contributed by atoms with Crippen LogP contribution in [-0.2, 0) is 5.72 Å². The minimum atomic E-state index is -1.03. The highest BCUT2D eigenvalue weighted by atomic mass is 79.9. The van der Waals surface area contributed by atoms with Crippen LogP contribution in [0.4, 0.5) is 5.69 Å². The summed E-state index contributed by atoms with van der Waals surface area (Å²) in [5, 5.41) is 12.7. The number of thioether (sulfide) groups is 1. The molecule has 0 aliphatic carbocycles. The second kappa shape index (κ2) is 6.67. The maximum atomic E-state index is 11.6. The van der Waals surface area contributed by atoms with Crippen LogP contribution in [0.3, 0.4) is 0 Å². The Balaban J connectivity index is 1.76. The van der Waals surface area contributed by atoms with Gasteiger partial charge in [-0.15, -0.1) is 0 Å². The van der Waals surface area contributed by atoms with Gasteiger partial charge in [0.1, 0.15) is 11.4 Å². The first-order valence-corrected chi connectivity index (χ1v) is 10.1. The lowest BCUT2D eigenvalue weighted by Crippen LogP contribution is -2.41. The van der Waals surface area contributed by atoms with Crippen LogP contribution in [0.25, 0.3) is 0 Å². The molecule has 0 amide bonds. The molecule has 25 heavy (non-hydrogen) atoms. The summed E-state index contributed by atoms with van der Waals surface area (Å²) >= 11 is 5.31. The van der Waals surface area contributed by atoms with Crippen LogP contribution in [0.1, 0.15) is 12.0 Å². The van der Waals surface area contributed by atoms with E-state index in [1.165, 1.54) is 0 Å². The molecule has 0 saturated heterocycles. The number of methoxy groups -OCH3 is 1. The van der Waals surface area contributed by atoms with Crippen molar-refractivity contribution in [1.29, 1.82) is 0 Å². The second-order valence-electron chi connectivity index (χ2n) is 6.24. The Morgan fingerprint density at radius 3 is 2.56 bits per heavy atom. The average Bonchev–Trinajstić information content (AvgIpc) is 2.97. The van der Waals surface area contributed by atoms with E-state index < -0.39 is 5.72 Å². The van der Waals surface area contributed by atoms with E-state index in [0.717, 1.165) is 45.4 Å². The van der Waals surface area contributed by atoms with Gasteiger partial charge in [-0.1, -0.05) is 15.9 Å². The van der Waals surface area contributed by atoms with E-state index in [-0.39, 0.29) is 0 Å². The summed E-state index contributed by atoms with van der Waals surface area (Å²) in [4.78, 5) is 2.22. The Morgan fingerprint density at radius 2 is 1.88 bits per heavy atom. The van der Waals surface area contributed by atoms with Crippen LogP contribution < -0.4 is 9.64 Å². The van der Waals surface area contributed by atoms with Gasteiger partial charge in [-0.3, -0.25) is 0 Å². The molecular weight excluding hydrogens is 400 g/mol. The molecule has 0 unspecified atom stereocenters. The summed E-state index contributed by atoms with van der Waals surface area (Å²) in [6, 6.07) is 16.0. The Hall–Kier alpha value is -1.50. The van der Waals surface area contributed by atoms with Crippen LogP contribution in [0.5, 0.6) is 5.75 Å². The normalized spacial score (nSPS) is 22.9. The van der Waals surface area contributed by atoms with E-state index in [1.807, 2.05) is 48.2 Å². The lowest BCUT2D eigenvalue weighted by atomic mass is 10.0. The van der Waals surface area contributed by atoms with Crippen LogP contribution in [0.15, 0.2) is 53.0 Å². The van der Waals surface area contributed by atoms with Gasteiger partial charge >= 0.3 is 5.17 Å². The zero-order valence-corrected chi connectivity index (χ0v) is 16.4. The molecule has 4 nitrogen and oxygen atoms in total. The Bertz CT molecular complexity index is 807. The topological polar surface area (TPSA) is 35.7 Å². The van der Waals surface area contributed by atoms with Crippen molar-refractivity contribution in [2.45, 2.75) is 12.1 Å². The maximum absolute atomic E-state index is 11.6. The van der Waals surface area contributed by atoms with E-state index in [2.05, 4.69) is 37.5 Å². The third-order valence-electron chi connectivity index (χ3n) is 4.73. The summed E-state index contributed by atoms with van der Waals surface area (Å²) < 4.78 is 8.45. The molecule has 6 heteroatoms. The Morgan fingerprint density at radius 1 is 1.16 bits per heavy atom. The van der Waals surface area contributed by atoms with Gasteiger partial charge in [0.2, 0.25) is 0 Å². The number of rotatable bonds is 3. The predicted molar refractivity (Wildman–Crippen MR) is 106 cm³/mol. The fourth-order valence-corrected chi connectivity index (χ4v) is 4.87. The first-order valence-electron chi connectivity index (χ1n) is 8.29. The molecular formula is C19H20BrN2O2S+. The van der Waals surface area contributed by atoms with Crippen LogP contribution >= 0.6 is 27.7 Å². The van der Waals surface area contributed by atoms with Crippen LogP contribution in [0.2, 0.25) is 0 Å². The molecule has 4 rings (SSSR count). The molecule has 2 heterocycles. The van der Waals surface area contributed by atoms with Crippen LogP contribution in [-0.4, -0.2) is 40.8 Å². The lowest BCUT2D eigenvalue weighted by molar-refractivity contribution is -0.656. The number of β-amino-alcohol motifs (C(OH)–C–C–N with tert-alkyl or cyclic N) is 1. The van der Waals surface area contributed by atoms with Crippen molar-refractivity contribution in [3.05, 3.63) is 58.6 Å². The lowest BCUT2D eigenvalue weighted by Gasteiger charge is -2.24. The van der Waals surface area contributed by atoms with Gasteiger partial charge in [0.05, 0.1) is 13.7 Å². The molecule has 1 N–H and O–H groups in total. The smallest absolute Gasteiger partial charge is 0.316 e. The number of nitrogens with zero attached hydrogens (tertiary/aromatic N) is 2. The second-order valence-corrected chi connectivity index (χ2v) is 8.22. The number of hydrogen-bond donors (Lipinski definition) is 1. The van der Waals surface area contributed by atoms with Crippen LogP contribution in [0, 0.1) is 0 Å². The van der Waals surface area contributed by atoms with Crippen molar-refractivity contribution in [2.75, 3.05) is 30.9 Å². The summed E-state index contributed by atoms with van der Waals surface area (Å²) in [5.41, 5.74) is 0.970. The third-order valence-corrected chi connectivity index (χ3v) is 6.46. The number of anilines is 1. The standard InChI is InChI=1S/C19H20BrN2O2S/c1-24-17-9-3-14(4-10-17)19(23)13-21(16-7-5-15(20)6-8-16)18-22(19)11-2-12-25-18/h3-10,23H,2,11-13H2,1H3/q+1/t19-/m1/s1. The first kappa shape index (κ1) is 16.9. The zero-order chi connectivity index (χ0) is 17.4. The number of aliphatic hydroxyl groups is 1. The highest BCUT2D eigenvalue weighted by Gasteiger charge is 2.53. The minimum Gasteiger partial charge on any atom is -0.497 e. The minimum absolute atomic E-state index is 0.517. The number of amidine groups is 1. The summed E-state index contributed by atoms with van der Waals surface area (Å²) in [6.45, 7) is 1.38. The van der Waals surface area contributed by atoms with E-state index in [4.69, 9.17) is 4.74 Å². The predicted octanol–water partition coefficient (Wildman–Crippen LogP) is 3.63. The fourth-order valence-electron chi connectivity index (χ4n) is 3.43. The van der Waals surface area contributed by atoms with Gasteiger partial charge in [-0.2, -0.15) is 0 Å². The highest BCUT2D eigenvalue weighted by molar-refractivity contribution is 9.10. The molecule has 2 aromatic rings. The molecule has 0 bridgehead atoms. The number of ether oxygens (including phenoxy) is 1. The monoisotopic (exact) mass is 419 g/mol. The highest BCUT2D eigenvalue weighted by Crippen LogP contribution is 2.38. The molecule has 0 saturated carbocycles. The number of halogens is 1. The third kappa shape index (κ3) is 2.96. The van der Waals surface area contributed by atoms with Crippen molar-refractivity contribution >= 4 is 38.5 Å². The van der Waals surface area contributed by atoms with Crippen molar-refractivity contribution in [2.24, 2.45) is 0 Å². The quantitative estimate of drug-likeness (QED) is 0.770. The van der Waals surface area contributed by atoms with Crippen molar-refractivity contribution < 1.29 is 14.4 Å². The zero-order valence-electron chi connectivity index (χ0n) is 14.0. The fraction of sp³-hybridized carbons (Fsp3) is 0.316. The molecule has 2 aliphatic heterocycles. The number of hydrogen-bond acceptors (Lipinski definition) is 4. The van der Waals surface area contributed by atoms with E-state index >= 15 is 0 Å². The van der Waals surface area contributed by atoms with Gasteiger partial charge < -0.3 is 9.84 Å². The SMILES string of the molecule is COc1ccc([C@]2(O)CN(c3ccc(Br)cc3)C3=[N+]2CCCS3)cc1. The van der Waals surface area contributed by atoms with E-state index in [0.29, 0.717) is 6.54 Å². The summed E-state index contributed by atoms with van der Waals surface area (Å²) in [7, 11) is 1.65. The first-order chi connectivity index (χ1) is 12.1. The number of benzene rings is 2. The summed E-state index contributed by atoms with van der Waals surface area (Å²) in [5.74, 6) is 1.88. The average molecular weight is 420 g/mol. The van der Waals surface area contributed by atoms with Gasteiger partial charge in [-0.25, -0.2) is 9.48 Å². The Kier molecular flexibility index (Phi) is 4.52. The summed E-state index contributed by atoms with van der Waals surface area (Å²) in [6.07, 6.45) is 1.07. The molecule has 1 atom stereocenters. The van der Waals surface area contributed by atoms with Gasteiger partial charge in [0, 0.05) is 15.8 Å². The molecule has 0 aromatic heterocycles. The van der Waals surface area contributed by atoms with Gasteiger partial charge in [0.25, 0.3) is 5.72 Å². The van der Waals surface area contributed by atoms with Crippen molar-refractivity contribution in [3.8, 4) is 5.75 Å². The molecule has 2 aromatic carbocycles. The van der Waals surface area contributed by atoms with E-state index in [1.54, 1.807) is 7.11 Å². The largest absolute Gasteiger partial charge is 0.497 e. The molecule has 0 radical (unpaired) electrons. The van der Waals surface area contributed by atoms with E-state index in [9.17, 15) is 5.11 Å². The van der Waals surface area contributed by atoms with Crippen molar-refractivity contribution in [1.82, 2.24) is 0 Å².